The van der Waals surface area contributed by atoms with E-state index in [1.165, 1.54) is 4.90 Å². The van der Waals surface area contributed by atoms with Gasteiger partial charge in [0.05, 0.1) is 6.10 Å². The summed E-state index contributed by atoms with van der Waals surface area (Å²) in [5.41, 5.74) is 3.52. The second kappa shape index (κ2) is 9.35. The summed E-state index contributed by atoms with van der Waals surface area (Å²) in [5, 5.41) is 15.7. The Morgan fingerprint density at radius 1 is 1.12 bits per heavy atom. The summed E-state index contributed by atoms with van der Waals surface area (Å²) in [7, 11) is 0. The molecule has 2 fully saturated rings. The van der Waals surface area contributed by atoms with E-state index >= 15 is 0 Å². The third-order valence-electron chi connectivity index (χ3n) is 5.97. The van der Waals surface area contributed by atoms with Crippen molar-refractivity contribution < 1.29 is 19.5 Å². The normalized spacial score (nSPS) is 20.0. The van der Waals surface area contributed by atoms with Crippen molar-refractivity contribution in [1.82, 2.24) is 4.90 Å². The number of likely N-dealkylation sites (tertiary alicyclic amines) is 1. The van der Waals surface area contributed by atoms with E-state index in [-0.39, 0.29) is 24.8 Å². The zero-order valence-corrected chi connectivity index (χ0v) is 18.4. The molecule has 4 amide bonds. The number of urea groups is 1. The fraction of sp³-hybridized carbons (Fsp3) is 0.320. The van der Waals surface area contributed by atoms with Crippen molar-refractivity contribution in [3.05, 3.63) is 53.6 Å². The third-order valence-corrected chi connectivity index (χ3v) is 5.97. The average molecular weight is 447 g/mol. The molecule has 2 unspecified atom stereocenters. The molecule has 170 valence electrons. The number of hydrogen-bond acceptors (Lipinski definition) is 4. The minimum absolute atomic E-state index is 0.0569. The lowest BCUT2D eigenvalue weighted by molar-refractivity contribution is -0.119. The highest BCUT2D eigenvalue weighted by molar-refractivity contribution is 6.00. The standard InChI is InChI=1S/C25H26N4O4/c1-3-17-6-8-18(9-7-17)27-25(33)29-15-20(30)14-22(29)24(32)26-19-10-11-21(16(2)13-19)28-12-4-5-23(28)31/h1,6-11,13,20,22,30H,4-5,12,14-15H2,2H3,(H,26,32)(H,27,33). The molecular weight excluding hydrogens is 420 g/mol. The van der Waals surface area contributed by atoms with Gasteiger partial charge in [0.1, 0.15) is 6.04 Å². The van der Waals surface area contributed by atoms with Gasteiger partial charge in [0, 0.05) is 48.6 Å². The van der Waals surface area contributed by atoms with Crippen LogP contribution in [0.2, 0.25) is 0 Å². The number of rotatable bonds is 4. The van der Waals surface area contributed by atoms with E-state index in [4.69, 9.17) is 6.42 Å². The van der Waals surface area contributed by atoms with E-state index in [1.54, 1.807) is 35.2 Å². The minimum atomic E-state index is -0.815. The fourth-order valence-corrected chi connectivity index (χ4v) is 4.30. The van der Waals surface area contributed by atoms with E-state index in [0.717, 1.165) is 17.7 Å². The molecule has 0 aliphatic carbocycles. The topological polar surface area (TPSA) is 102 Å². The van der Waals surface area contributed by atoms with Crippen molar-refractivity contribution in [2.24, 2.45) is 0 Å². The Hall–Kier alpha value is -3.83. The Balaban J connectivity index is 1.44. The van der Waals surface area contributed by atoms with Crippen molar-refractivity contribution in [2.75, 3.05) is 28.6 Å². The van der Waals surface area contributed by atoms with Crippen LogP contribution in [0, 0.1) is 19.3 Å². The lowest BCUT2D eigenvalue weighted by Gasteiger charge is -2.24. The first kappa shape index (κ1) is 22.4. The summed E-state index contributed by atoms with van der Waals surface area (Å²) >= 11 is 0. The molecule has 33 heavy (non-hydrogen) atoms. The van der Waals surface area contributed by atoms with E-state index in [1.807, 2.05) is 19.1 Å². The summed E-state index contributed by atoms with van der Waals surface area (Å²) in [6.07, 6.45) is 6.10. The number of nitrogens with zero attached hydrogens (tertiary/aromatic N) is 2. The van der Waals surface area contributed by atoms with Crippen LogP contribution in [0.3, 0.4) is 0 Å². The number of anilines is 3. The predicted octanol–water partition coefficient (Wildman–Crippen LogP) is 2.71. The third kappa shape index (κ3) is 4.83. The molecule has 0 aromatic heterocycles. The van der Waals surface area contributed by atoms with Crippen LogP contribution in [0.5, 0.6) is 0 Å². The van der Waals surface area contributed by atoms with Gasteiger partial charge in [0.2, 0.25) is 11.8 Å². The Morgan fingerprint density at radius 2 is 1.85 bits per heavy atom. The van der Waals surface area contributed by atoms with Crippen molar-refractivity contribution in [2.45, 2.75) is 38.3 Å². The Kier molecular flexibility index (Phi) is 6.33. The molecule has 2 aliphatic heterocycles. The summed E-state index contributed by atoms with van der Waals surface area (Å²) in [5.74, 6) is 2.23. The maximum Gasteiger partial charge on any atom is 0.322 e. The number of aliphatic hydroxyl groups excluding tert-OH is 1. The van der Waals surface area contributed by atoms with Crippen LogP contribution in [0.15, 0.2) is 42.5 Å². The summed E-state index contributed by atoms with van der Waals surface area (Å²) in [6.45, 7) is 2.64. The Labute approximate surface area is 192 Å². The highest BCUT2D eigenvalue weighted by Crippen LogP contribution is 2.28. The maximum atomic E-state index is 13.0. The largest absolute Gasteiger partial charge is 0.391 e. The number of benzene rings is 2. The number of terminal acetylenes is 1. The van der Waals surface area contributed by atoms with Gasteiger partial charge in [-0.1, -0.05) is 5.92 Å². The fourth-order valence-electron chi connectivity index (χ4n) is 4.30. The highest BCUT2D eigenvalue weighted by atomic mass is 16.3. The van der Waals surface area contributed by atoms with Gasteiger partial charge in [0.25, 0.3) is 0 Å². The number of carbonyl (C=O) groups is 3. The van der Waals surface area contributed by atoms with Gasteiger partial charge >= 0.3 is 6.03 Å². The van der Waals surface area contributed by atoms with Crippen LogP contribution in [0.4, 0.5) is 21.9 Å². The number of hydrogen-bond donors (Lipinski definition) is 3. The van der Waals surface area contributed by atoms with Crippen LogP contribution in [-0.4, -0.2) is 53.1 Å². The molecule has 2 heterocycles. The number of aryl methyl sites for hydroxylation is 1. The van der Waals surface area contributed by atoms with Crippen molar-refractivity contribution in [3.63, 3.8) is 0 Å². The molecule has 2 aromatic rings. The Bertz CT molecular complexity index is 1120. The molecule has 2 atom stereocenters. The SMILES string of the molecule is C#Cc1ccc(NC(=O)N2CC(O)CC2C(=O)Nc2ccc(N3CCCC3=O)c(C)c2)cc1. The van der Waals surface area contributed by atoms with Crippen molar-refractivity contribution >= 4 is 34.9 Å². The molecule has 2 aliphatic rings. The van der Waals surface area contributed by atoms with E-state index in [2.05, 4.69) is 16.6 Å². The van der Waals surface area contributed by atoms with E-state index in [9.17, 15) is 19.5 Å². The molecular formula is C25H26N4O4. The molecule has 0 saturated carbocycles. The molecule has 0 spiro atoms. The van der Waals surface area contributed by atoms with E-state index < -0.39 is 18.2 Å². The van der Waals surface area contributed by atoms with Gasteiger partial charge in [-0.25, -0.2) is 4.79 Å². The van der Waals surface area contributed by atoms with Gasteiger partial charge in [-0.05, 0) is 61.4 Å². The minimum Gasteiger partial charge on any atom is -0.391 e. The zero-order chi connectivity index (χ0) is 23.5. The monoisotopic (exact) mass is 446 g/mol. The van der Waals surface area contributed by atoms with Crippen LogP contribution >= 0.6 is 0 Å². The molecule has 4 rings (SSSR count). The molecule has 3 N–H and O–H groups in total. The molecule has 0 bridgehead atoms. The molecule has 2 aromatic carbocycles. The van der Waals surface area contributed by atoms with Crippen LogP contribution in [0.25, 0.3) is 0 Å². The zero-order valence-electron chi connectivity index (χ0n) is 18.4. The van der Waals surface area contributed by atoms with Gasteiger partial charge in [-0.15, -0.1) is 6.42 Å². The lowest BCUT2D eigenvalue weighted by atomic mass is 10.1. The highest BCUT2D eigenvalue weighted by Gasteiger charge is 2.39. The van der Waals surface area contributed by atoms with Crippen LogP contribution in [0.1, 0.15) is 30.4 Å². The lowest BCUT2D eigenvalue weighted by Crippen LogP contribution is -2.45. The maximum absolute atomic E-state index is 13.0. The molecule has 2 saturated heterocycles. The van der Waals surface area contributed by atoms with Gasteiger partial charge in [-0.2, -0.15) is 0 Å². The number of β-amino-alcohol motifs (C(OH)–C–C–N with tert-alkyl or cyclic N) is 1. The first-order chi connectivity index (χ1) is 15.9. The smallest absolute Gasteiger partial charge is 0.322 e. The first-order valence-electron chi connectivity index (χ1n) is 10.9. The second-order valence-electron chi connectivity index (χ2n) is 8.35. The predicted molar refractivity (Wildman–Crippen MR) is 126 cm³/mol. The molecule has 0 radical (unpaired) electrons. The number of amides is 4. The first-order valence-corrected chi connectivity index (χ1v) is 10.9. The number of carbonyl (C=O) groups excluding carboxylic acids is 3. The second-order valence-corrected chi connectivity index (χ2v) is 8.35. The van der Waals surface area contributed by atoms with Gasteiger partial charge in [0.15, 0.2) is 0 Å². The number of aliphatic hydroxyl groups is 1. The van der Waals surface area contributed by atoms with Crippen molar-refractivity contribution in [3.8, 4) is 12.3 Å². The van der Waals surface area contributed by atoms with Crippen molar-refractivity contribution in [1.29, 1.82) is 0 Å². The van der Waals surface area contributed by atoms with Crippen LogP contribution < -0.4 is 15.5 Å². The molecule has 8 nitrogen and oxygen atoms in total. The average Bonchev–Trinajstić information content (AvgIpc) is 3.40. The van der Waals surface area contributed by atoms with Gasteiger partial charge < -0.3 is 25.5 Å². The van der Waals surface area contributed by atoms with Crippen LogP contribution in [-0.2, 0) is 9.59 Å². The van der Waals surface area contributed by atoms with E-state index in [0.29, 0.717) is 29.9 Å². The number of nitrogens with one attached hydrogen (secondary N) is 2. The Morgan fingerprint density at radius 3 is 2.48 bits per heavy atom. The molecule has 8 heteroatoms. The summed E-state index contributed by atoms with van der Waals surface area (Å²) < 4.78 is 0. The summed E-state index contributed by atoms with van der Waals surface area (Å²) in [6, 6.07) is 10.9. The quantitative estimate of drug-likeness (QED) is 0.629. The summed E-state index contributed by atoms with van der Waals surface area (Å²) in [4.78, 5) is 40.9. The van der Waals surface area contributed by atoms with Gasteiger partial charge in [-0.3, -0.25) is 9.59 Å².